The van der Waals surface area contributed by atoms with Crippen LogP contribution < -0.4 is 0 Å². The van der Waals surface area contributed by atoms with Crippen LogP contribution in [0.4, 0.5) is 0 Å². The summed E-state index contributed by atoms with van der Waals surface area (Å²) in [5, 5.41) is 20.8. The Morgan fingerprint density at radius 1 is 1.00 bits per heavy atom. The van der Waals surface area contributed by atoms with Crippen LogP contribution in [0.1, 0.15) is 16.6 Å². The van der Waals surface area contributed by atoms with Gasteiger partial charge in [0.2, 0.25) is 5.16 Å². The number of Topliss-reactive ketones (excluding diaryl/α,β-unsaturated/α-hetero) is 1. The number of thioether (sulfide) groups is 1. The minimum absolute atomic E-state index is 0.0669. The summed E-state index contributed by atoms with van der Waals surface area (Å²) in [6.45, 7) is 1.84. The van der Waals surface area contributed by atoms with Crippen LogP contribution in [0.2, 0.25) is 0 Å². The molecule has 0 bridgehead atoms. The van der Waals surface area contributed by atoms with Crippen LogP contribution in [0.5, 0.6) is 0 Å². The smallest absolute Gasteiger partial charge is 0.210 e. The first-order valence-corrected chi connectivity index (χ1v) is 11.3. The van der Waals surface area contributed by atoms with Crippen molar-refractivity contribution in [3.05, 3.63) is 76.7 Å². The first kappa shape index (κ1) is 20.8. The van der Waals surface area contributed by atoms with Gasteiger partial charge in [-0.15, -0.1) is 21.5 Å². The number of hydrogen-bond acceptors (Lipinski definition) is 8. The van der Waals surface area contributed by atoms with Crippen LogP contribution >= 0.6 is 23.1 Å². The normalized spacial score (nSPS) is 11.6. The molecule has 0 aliphatic carbocycles. The lowest BCUT2D eigenvalue weighted by molar-refractivity contribution is -0.116. The van der Waals surface area contributed by atoms with Gasteiger partial charge < -0.3 is 0 Å². The molecule has 0 N–H and O–H groups in total. The van der Waals surface area contributed by atoms with Crippen molar-refractivity contribution >= 4 is 28.9 Å². The molecule has 4 rings (SSSR count). The Kier molecular flexibility index (Phi) is 6.46. The summed E-state index contributed by atoms with van der Waals surface area (Å²) in [6, 6.07) is 21.6. The second kappa shape index (κ2) is 9.60. The Bertz CT molecular complexity index is 1240. The molecule has 2 aromatic carbocycles. The van der Waals surface area contributed by atoms with Crippen LogP contribution in [-0.2, 0) is 4.79 Å². The largest absolute Gasteiger partial charge is 0.297 e. The minimum Gasteiger partial charge on any atom is -0.297 e. The van der Waals surface area contributed by atoms with E-state index in [1.54, 1.807) is 0 Å². The maximum atomic E-state index is 12.6. The third kappa shape index (κ3) is 4.85. The molecule has 0 fully saturated rings. The third-order valence-corrected chi connectivity index (χ3v) is 6.33. The summed E-state index contributed by atoms with van der Waals surface area (Å²) in [6.07, 6.45) is 0. The Labute approximate surface area is 188 Å². The zero-order chi connectivity index (χ0) is 21.6. The molecule has 0 aliphatic rings. The highest BCUT2D eigenvalue weighted by Gasteiger charge is 2.24. The molecule has 0 saturated heterocycles. The molecule has 152 valence electrons. The van der Waals surface area contributed by atoms with Gasteiger partial charge in [0.25, 0.3) is 0 Å². The highest BCUT2D eigenvalue weighted by molar-refractivity contribution is 7.99. The van der Waals surface area contributed by atoms with E-state index in [0.29, 0.717) is 21.6 Å². The molecule has 4 aromatic rings. The summed E-state index contributed by atoms with van der Waals surface area (Å²) in [5.74, 6) is -1.03. The number of aromatic nitrogens is 4. The fourth-order valence-electron chi connectivity index (χ4n) is 2.95. The molecule has 8 heteroatoms. The fraction of sp³-hybridized carbons (Fsp3) is 0.130. The Balaban J connectivity index is 1.59. The van der Waals surface area contributed by atoms with Gasteiger partial charge >= 0.3 is 0 Å². The second-order valence-electron chi connectivity index (χ2n) is 6.67. The molecular weight excluding hydrogens is 426 g/mol. The highest BCUT2D eigenvalue weighted by Crippen LogP contribution is 2.30. The van der Waals surface area contributed by atoms with Crippen molar-refractivity contribution in [2.45, 2.75) is 18.0 Å². The van der Waals surface area contributed by atoms with Gasteiger partial charge in [0, 0.05) is 22.2 Å². The maximum Gasteiger partial charge on any atom is 0.210 e. The number of aryl methyl sites for hydroxylation is 1. The van der Waals surface area contributed by atoms with Crippen molar-refractivity contribution in [3.8, 4) is 28.6 Å². The summed E-state index contributed by atoms with van der Waals surface area (Å²) in [4.78, 5) is 21.6. The van der Waals surface area contributed by atoms with Crippen LogP contribution in [0, 0.1) is 18.3 Å². The molecular formula is C23H17N5OS2. The molecule has 0 unspecified atom stereocenters. The van der Waals surface area contributed by atoms with Crippen molar-refractivity contribution in [1.29, 1.82) is 5.26 Å². The van der Waals surface area contributed by atoms with Gasteiger partial charge in [0.1, 0.15) is 16.4 Å². The van der Waals surface area contributed by atoms with Gasteiger partial charge in [-0.2, -0.15) is 5.26 Å². The molecule has 6 nitrogen and oxygen atoms in total. The first-order chi connectivity index (χ1) is 15.2. The monoisotopic (exact) mass is 443 g/mol. The lowest BCUT2D eigenvalue weighted by Gasteiger charge is -2.09. The van der Waals surface area contributed by atoms with E-state index in [0.717, 1.165) is 16.8 Å². The zero-order valence-electron chi connectivity index (χ0n) is 16.6. The average molecular weight is 444 g/mol. The van der Waals surface area contributed by atoms with Gasteiger partial charge in [-0.3, -0.25) is 4.79 Å². The lowest BCUT2D eigenvalue weighted by Crippen LogP contribution is -2.13. The summed E-state index contributed by atoms with van der Waals surface area (Å²) >= 11 is 2.50. The standard InChI is InChI=1S/C23H17N5OS2/c1-15-13-30-22(25-15)18(12-24)19(29)14-31-23-26-20(16-8-4-2-5-9-16)21(27-28-23)17-10-6-3-7-11-17/h2-11,13,18H,14H2,1H3/t18-/m0/s1. The number of carbonyl (C=O) groups excluding carboxylic acids is 1. The van der Waals surface area contributed by atoms with Crippen molar-refractivity contribution in [2.75, 3.05) is 5.75 Å². The first-order valence-electron chi connectivity index (χ1n) is 9.48. The molecule has 1 atom stereocenters. The van der Waals surface area contributed by atoms with E-state index in [1.165, 1.54) is 23.1 Å². The van der Waals surface area contributed by atoms with E-state index >= 15 is 0 Å². The molecule has 31 heavy (non-hydrogen) atoms. The second-order valence-corrected chi connectivity index (χ2v) is 8.50. The molecule has 0 aliphatic heterocycles. The summed E-state index contributed by atoms with van der Waals surface area (Å²) in [7, 11) is 0. The van der Waals surface area contributed by atoms with E-state index < -0.39 is 5.92 Å². The minimum atomic E-state index is -0.878. The van der Waals surface area contributed by atoms with Crippen molar-refractivity contribution in [1.82, 2.24) is 20.2 Å². The topological polar surface area (TPSA) is 92.4 Å². The van der Waals surface area contributed by atoms with Crippen molar-refractivity contribution in [3.63, 3.8) is 0 Å². The van der Waals surface area contributed by atoms with Gasteiger partial charge in [0.05, 0.1) is 11.8 Å². The predicted octanol–water partition coefficient (Wildman–Crippen LogP) is 4.94. The van der Waals surface area contributed by atoms with Crippen LogP contribution in [-0.4, -0.2) is 31.7 Å². The number of nitrogens with zero attached hydrogens (tertiary/aromatic N) is 5. The van der Waals surface area contributed by atoms with Crippen molar-refractivity contribution < 1.29 is 4.79 Å². The number of benzene rings is 2. The van der Waals surface area contributed by atoms with Gasteiger partial charge in [0.15, 0.2) is 11.7 Å². The highest BCUT2D eigenvalue weighted by atomic mass is 32.2. The quantitative estimate of drug-likeness (QED) is 0.374. The number of thiazole rings is 1. The van der Waals surface area contributed by atoms with E-state index in [-0.39, 0.29) is 11.5 Å². The Morgan fingerprint density at radius 2 is 1.65 bits per heavy atom. The molecule has 0 saturated carbocycles. The van der Waals surface area contributed by atoms with E-state index in [9.17, 15) is 10.1 Å². The van der Waals surface area contributed by atoms with Crippen LogP contribution in [0.25, 0.3) is 22.5 Å². The van der Waals surface area contributed by atoms with Crippen LogP contribution in [0.3, 0.4) is 0 Å². The van der Waals surface area contributed by atoms with Gasteiger partial charge in [-0.05, 0) is 6.92 Å². The number of ketones is 1. The Hall–Kier alpha value is -3.41. The zero-order valence-corrected chi connectivity index (χ0v) is 18.2. The molecule has 2 heterocycles. The summed E-state index contributed by atoms with van der Waals surface area (Å²) in [5.41, 5.74) is 4.01. The molecule has 0 radical (unpaired) electrons. The molecule has 0 amide bonds. The molecule has 0 spiro atoms. The SMILES string of the molecule is Cc1csc([C@@H](C#N)C(=O)CSc2nnc(-c3ccccc3)c(-c3ccccc3)n2)n1. The Morgan fingerprint density at radius 3 is 2.23 bits per heavy atom. The van der Waals surface area contributed by atoms with E-state index in [1.807, 2.05) is 73.0 Å². The van der Waals surface area contributed by atoms with E-state index in [2.05, 4.69) is 21.3 Å². The third-order valence-electron chi connectivity index (χ3n) is 4.44. The number of nitriles is 1. The predicted molar refractivity (Wildman–Crippen MR) is 122 cm³/mol. The lowest BCUT2D eigenvalue weighted by atomic mass is 10.0. The maximum absolute atomic E-state index is 12.6. The molecule has 2 aromatic heterocycles. The van der Waals surface area contributed by atoms with E-state index in [4.69, 9.17) is 4.98 Å². The van der Waals surface area contributed by atoms with Gasteiger partial charge in [-0.25, -0.2) is 9.97 Å². The number of hydrogen-bond donors (Lipinski definition) is 0. The number of rotatable bonds is 7. The van der Waals surface area contributed by atoms with Crippen LogP contribution in [0.15, 0.2) is 71.2 Å². The van der Waals surface area contributed by atoms with Gasteiger partial charge in [-0.1, -0.05) is 72.4 Å². The fourth-order valence-corrected chi connectivity index (χ4v) is 4.50. The van der Waals surface area contributed by atoms with Crippen molar-refractivity contribution in [2.24, 2.45) is 0 Å². The number of carbonyl (C=O) groups is 1. The average Bonchev–Trinajstić information content (AvgIpc) is 3.25. The summed E-state index contributed by atoms with van der Waals surface area (Å²) < 4.78 is 0.